The minimum Gasteiger partial charge on any atom is -0.462 e. The smallest absolute Gasteiger partial charge is 0.342 e. The molecule has 204 valence electrons. The fourth-order valence-corrected chi connectivity index (χ4v) is 7.41. The maximum absolute atomic E-state index is 12.9. The molecule has 6 unspecified atom stereocenters. The number of ether oxygens (including phenoxy) is 6. The summed E-state index contributed by atoms with van der Waals surface area (Å²) in [5.74, 6) is -3.27. The summed E-state index contributed by atoms with van der Waals surface area (Å²) in [5.41, 5.74) is -4.41. The number of aliphatic hydroxyl groups is 1. The fourth-order valence-electron chi connectivity index (χ4n) is 7.41. The average Bonchev–Trinajstić information content (AvgIpc) is 3.59. The predicted molar refractivity (Wildman–Crippen MR) is 123 cm³/mol. The molecule has 0 aromatic carbocycles. The van der Waals surface area contributed by atoms with Crippen molar-refractivity contribution in [2.75, 3.05) is 0 Å². The Morgan fingerprint density at radius 1 is 1.03 bits per heavy atom. The molecule has 3 heterocycles. The number of epoxide rings is 2. The summed E-state index contributed by atoms with van der Waals surface area (Å²) < 4.78 is 35.2. The zero-order chi connectivity index (χ0) is 27.3. The quantitative estimate of drug-likeness (QED) is 0.246. The van der Waals surface area contributed by atoms with E-state index in [-0.39, 0.29) is 18.9 Å². The second-order valence-electron chi connectivity index (χ2n) is 11.6. The fraction of sp³-hybridized carbons (Fsp3) is 0.769. The van der Waals surface area contributed by atoms with Crippen molar-refractivity contribution < 1.29 is 52.7 Å². The monoisotopic (exact) mass is 522 g/mol. The number of hydrogen-bond acceptors (Lipinski definition) is 11. The first-order valence-corrected chi connectivity index (χ1v) is 12.6. The molecule has 0 amide bonds. The van der Waals surface area contributed by atoms with Gasteiger partial charge in [-0.25, -0.2) is 4.79 Å². The standard InChI is InChI=1S/C26H34O11/c1-11-8-15(32-12(2)27)21(34-14(4)29)23(5)16(33-13(3)28)10-17-24(6,36-17)19(23)20(30)26-18(9-11)35-22(31)25(26,7)37-26/h9,15-21,30H,8,10H2,1-7H3/b11-9-/t15?,16?,17?,18-,19?,20-,21-,23-,24?,25-,26?/m0/s1. The lowest BCUT2D eigenvalue weighted by Crippen LogP contribution is -2.67. The third kappa shape index (κ3) is 3.50. The number of carbonyl (C=O) groups excluding carboxylic acids is 4. The Morgan fingerprint density at radius 3 is 2.22 bits per heavy atom. The Bertz CT molecular complexity index is 1100. The summed E-state index contributed by atoms with van der Waals surface area (Å²) in [6.07, 6.45) is -3.58. The minimum absolute atomic E-state index is 0.130. The summed E-state index contributed by atoms with van der Waals surface area (Å²) in [6, 6.07) is 0. The van der Waals surface area contributed by atoms with Gasteiger partial charge in [0.1, 0.15) is 18.3 Å². The number of fused-ring (bicyclic) bond motifs is 3. The number of aliphatic hydroxyl groups excluding tert-OH is 1. The van der Waals surface area contributed by atoms with Crippen LogP contribution in [0.1, 0.15) is 61.3 Å². The second kappa shape index (κ2) is 8.00. The average molecular weight is 523 g/mol. The van der Waals surface area contributed by atoms with Gasteiger partial charge in [0.05, 0.1) is 23.2 Å². The maximum atomic E-state index is 12.9. The topological polar surface area (TPSA) is 150 Å². The Labute approximate surface area is 214 Å². The molecule has 0 bridgehead atoms. The Balaban J connectivity index is 1.75. The molecule has 1 N–H and O–H groups in total. The van der Waals surface area contributed by atoms with E-state index in [1.807, 2.05) is 6.92 Å². The van der Waals surface area contributed by atoms with Crippen LogP contribution in [0.5, 0.6) is 0 Å². The van der Waals surface area contributed by atoms with Gasteiger partial charge in [0.25, 0.3) is 0 Å². The SMILES string of the molecule is CC(=O)OC1C/C(C)=C\[C@@H]2OC(=O)[C@]3(C)OC23[C@@H](O)C2C3(C)OC3CC(OC(C)=O)[C@]2(C)[C@H]1OC(C)=O. The van der Waals surface area contributed by atoms with Crippen molar-refractivity contribution in [3.63, 3.8) is 0 Å². The van der Waals surface area contributed by atoms with Gasteiger partial charge in [0.2, 0.25) is 0 Å². The first kappa shape index (κ1) is 26.1. The molecule has 11 nitrogen and oxygen atoms in total. The molecule has 11 atom stereocenters. The molecular formula is C26H34O11. The molecule has 3 saturated heterocycles. The predicted octanol–water partition coefficient (Wildman–Crippen LogP) is 1.13. The van der Waals surface area contributed by atoms with E-state index in [0.29, 0.717) is 5.57 Å². The van der Waals surface area contributed by atoms with E-state index in [4.69, 9.17) is 28.4 Å². The number of rotatable bonds is 3. The van der Waals surface area contributed by atoms with Crippen LogP contribution in [0, 0.1) is 11.3 Å². The van der Waals surface area contributed by atoms with Crippen LogP contribution in [0.3, 0.4) is 0 Å². The largest absolute Gasteiger partial charge is 0.462 e. The molecule has 3 aliphatic heterocycles. The van der Waals surface area contributed by atoms with Crippen LogP contribution in [0.25, 0.3) is 0 Å². The van der Waals surface area contributed by atoms with Crippen molar-refractivity contribution in [1.82, 2.24) is 0 Å². The molecule has 0 radical (unpaired) electrons. The molecule has 0 aromatic heterocycles. The van der Waals surface area contributed by atoms with Crippen LogP contribution in [-0.2, 0) is 47.6 Å². The third-order valence-electron chi connectivity index (χ3n) is 9.09. The summed E-state index contributed by atoms with van der Waals surface area (Å²) in [5, 5.41) is 12.2. The summed E-state index contributed by atoms with van der Waals surface area (Å²) in [6.45, 7) is 10.7. The van der Waals surface area contributed by atoms with E-state index in [2.05, 4.69) is 0 Å². The van der Waals surface area contributed by atoms with Crippen molar-refractivity contribution in [3.8, 4) is 0 Å². The number of carbonyl (C=O) groups is 4. The summed E-state index contributed by atoms with van der Waals surface area (Å²) in [7, 11) is 0. The zero-order valence-corrected chi connectivity index (χ0v) is 22.1. The molecule has 5 aliphatic rings. The molecule has 5 rings (SSSR count). The van der Waals surface area contributed by atoms with Gasteiger partial charge < -0.3 is 33.5 Å². The molecule has 4 fully saturated rings. The number of hydrogen-bond donors (Lipinski definition) is 1. The van der Waals surface area contributed by atoms with Gasteiger partial charge >= 0.3 is 23.9 Å². The maximum Gasteiger partial charge on any atom is 0.342 e. The van der Waals surface area contributed by atoms with Gasteiger partial charge in [-0.05, 0) is 26.8 Å². The van der Waals surface area contributed by atoms with E-state index in [1.165, 1.54) is 20.8 Å². The highest BCUT2D eigenvalue weighted by molar-refractivity contribution is 5.89. The molecule has 37 heavy (non-hydrogen) atoms. The lowest BCUT2D eigenvalue weighted by molar-refractivity contribution is -0.224. The summed E-state index contributed by atoms with van der Waals surface area (Å²) >= 11 is 0. The van der Waals surface area contributed by atoms with Gasteiger partial charge in [-0.15, -0.1) is 0 Å². The minimum atomic E-state index is -1.43. The van der Waals surface area contributed by atoms with Crippen LogP contribution in [0.2, 0.25) is 0 Å². The van der Waals surface area contributed by atoms with Crippen LogP contribution < -0.4 is 0 Å². The van der Waals surface area contributed by atoms with Crippen LogP contribution >= 0.6 is 0 Å². The van der Waals surface area contributed by atoms with Gasteiger partial charge in [-0.2, -0.15) is 0 Å². The van der Waals surface area contributed by atoms with Gasteiger partial charge in [0.15, 0.2) is 17.3 Å². The molecule has 1 spiro atoms. The zero-order valence-electron chi connectivity index (χ0n) is 22.1. The number of esters is 4. The lowest BCUT2D eigenvalue weighted by atomic mass is 9.53. The highest BCUT2D eigenvalue weighted by Crippen LogP contribution is 2.69. The Morgan fingerprint density at radius 2 is 1.65 bits per heavy atom. The van der Waals surface area contributed by atoms with Gasteiger partial charge in [-0.1, -0.05) is 12.5 Å². The van der Waals surface area contributed by atoms with E-state index in [1.54, 1.807) is 26.8 Å². The van der Waals surface area contributed by atoms with Gasteiger partial charge in [-0.3, -0.25) is 14.4 Å². The highest BCUT2D eigenvalue weighted by Gasteiger charge is 2.88. The Hall–Kier alpha value is -2.50. The molecule has 11 heteroatoms. The normalized spacial score (nSPS) is 51.0. The molecule has 0 aromatic rings. The molecule has 1 saturated carbocycles. The van der Waals surface area contributed by atoms with Crippen molar-refractivity contribution in [2.24, 2.45) is 11.3 Å². The van der Waals surface area contributed by atoms with Crippen LogP contribution in [0.4, 0.5) is 0 Å². The van der Waals surface area contributed by atoms with Crippen molar-refractivity contribution >= 4 is 23.9 Å². The van der Waals surface area contributed by atoms with E-state index < -0.39 is 82.5 Å². The van der Waals surface area contributed by atoms with Crippen LogP contribution in [0.15, 0.2) is 11.6 Å². The third-order valence-corrected chi connectivity index (χ3v) is 9.09. The van der Waals surface area contributed by atoms with Gasteiger partial charge in [0, 0.05) is 39.5 Å². The van der Waals surface area contributed by atoms with E-state index in [0.717, 1.165) is 0 Å². The van der Waals surface area contributed by atoms with E-state index >= 15 is 0 Å². The van der Waals surface area contributed by atoms with Crippen LogP contribution in [-0.4, -0.2) is 82.4 Å². The second-order valence-corrected chi connectivity index (χ2v) is 11.6. The molecule has 2 aliphatic carbocycles. The van der Waals surface area contributed by atoms with Crippen molar-refractivity contribution in [2.45, 2.75) is 115 Å². The molecular weight excluding hydrogens is 488 g/mol. The van der Waals surface area contributed by atoms with Crippen molar-refractivity contribution in [3.05, 3.63) is 11.6 Å². The first-order valence-electron chi connectivity index (χ1n) is 12.6. The highest BCUT2D eigenvalue weighted by atomic mass is 16.7. The van der Waals surface area contributed by atoms with Crippen molar-refractivity contribution in [1.29, 1.82) is 0 Å². The summed E-state index contributed by atoms with van der Waals surface area (Å²) in [4.78, 5) is 49.8. The lowest BCUT2D eigenvalue weighted by Gasteiger charge is -2.54. The van der Waals surface area contributed by atoms with E-state index in [9.17, 15) is 24.3 Å². The Kier molecular flexibility index (Phi) is 5.65. The first-order chi connectivity index (χ1) is 17.1.